The summed E-state index contributed by atoms with van der Waals surface area (Å²) in [6, 6.07) is 19.4. The first-order valence-electron chi connectivity index (χ1n) is 9.11. The highest BCUT2D eigenvalue weighted by molar-refractivity contribution is 5.74. The molecule has 0 atom stereocenters. The van der Waals surface area contributed by atoms with Crippen molar-refractivity contribution in [2.45, 2.75) is 0 Å². The van der Waals surface area contributed by atoms with Gasteiger partial charge in [0.1, 0.15) is 11.9 Å². The summed E-state index contributed by atoms with van der Waals surface area (Å²) in [5.41, 5.74) is 3.32. The van der Waals surface area contributed by atoms with E-state index in [9.17, 15) is 5.26 Å². The first-order chi connectivity index (χ1) is 13.8. The van der Waals surface area contributed by atoms with Crippen LogP contribution in [0.3, 0.4) is 0 Å². The minimum Gasteiger partial charge on any atom is -0.378 e. The molecule has 1 aromatic heterocycles. The maximum Gasteiger partial charge on any atom is 0.229 e. The Morgan fingerprint density at radius 2 is 1.68 bits per heavy atom. The van der Waals surface area contributed by atoms with E-state index in [0.29, 0.717) is 23.0 Å². The van der Waals surface area contributed by atoms with Crippen molar-refractivity contribution in [1.82, 2.24) is 9.97 Å². The van der Waals surface area contributed by atoms with Gasteiger partial charge in [-0.15, -0.1) is 0 Å². The zero-order valence-corrected chi connectivity index (χ0v) is 15.3. The molecule has 1 aliphatic rings. The number of para-hydroxylation sites is 3. The fourth-order valence-corrected chi connectivity index (χ4v) is 3.10. The SMILES string of the molecule is N#Cc1ccccc1Nc1nccc(Nc2ccccc2N2CCOCC2)n1. The van der Waals surface area contributed by atoms with Crippen molar-refractivity contribution in [3.05, 3.63) is 66.4 Å². The van der Waals surface area contributed by atoms with Crippen molar-refractivity contribution >= 4 is 28.8 Å². The number of hydrogen-bond acceptors (Lipinski definition) is 7. The molecule has 0 aliphatic carbocycles. The van der Waals surface area contributed by atoms with Gasteiger partial charge in [0.15, 0.2) is 0 Å². The number of nitrogens with one attached hydrogen (secondary N) is 2. The van der Waals surface area contributed by atoms with Crippen LogP contribution in [0.1, 0.15) is 5.56 Å². The molecule has 0 unspecified atom stereocenters. The zero-order valence-electron chi connectivity index (χ0n) is 15.3. The van der Waals surface area contributed by atoms with Gasteiger partial charge in [-0.2, -0.15) is 10.2 Å². The van der Waals surface area contributed by atoms with Crippen LogP contribution in [-0.2, 0) is 4.74 Å². The van der Waals surface area contributed by atoms with Gasteiger partial charge in [0, 0.05) is 19.3 Å². The Labute approximate surface area is 163 Å². The van der Waals surface area contributed by atoms with E-state index >= 15 is 0 Å². The number of nitriles is 1. The third-order valence-electron chi connectivity index (χ3n) is 4.47. The number of anilines is 5. The molecule has 0 saturated carbocycles. The first kappa shape index (κ1) is 17.8. The van der Waals surface area contributed by atoms with E-state index in [0.717, 1.165) is 37.7 Å². The monoisotopic (exact) mass is 372 g/mol. The summed E-state index contributed by atoms with van der Waals surface area (Å²) in [6.45, 7) is 3.18. The predicted octanol–water partition coefficient (Wildman–Crippen LogP) is 3.67. The lowest BCUT2D eigenvalue weighted by Crippen LogP contribution is -2.36. The van der Waals surface area contributed by atoms with E-state index in [2.05, 4.69) is 37.6 Å². The molecule has 2 N–H and O–H groups in total. The average Bonchev–Trinajstić information content (AvgIpc) is 2.75. The number of hydrogen-bond donors (Lipinski definition) is 2. The average molecular weight is 372 g/mol. The highest BCUT2D eigenvalue weighted by atomic mass is 16.5. The Morgan fingerprint density at radius 1 is 0.929 bits per heavy atom. The molecule has 140 valence electrons. The van der Waals surface area contributed by atoms with Gasteiger partial charge in [-0.25, -0.2) is 4.98 Å². The third-order valence-corrected chi connectivity index (χ3v) is 4.47. The maximum atomic E-state index is 9.24. The van der Waals surface area contributed by atoms with Gasteiger partial charge in [0.05, 0.1) is 35.8 Å². The summed E-state index contributed by atoms with van der Waals surface area (Å²) in [5.74, 6) is 1.10. The number of morpholine rings is 1. The van der Waals surface area contributed by atoms with Crippen LogP contribution < -0.4 is 15.5 Å². The molecule has 1 fully saturated rings. The van der Waals surface area contributed by atoms with Crippen molar-refractivity contribution in [1.29, 1.82) is 5.26 Å². The predicted molar refractivity (Wildman–Crippen MR) is 109 cm³/mol. The van der Waals surface area contributed by atoms with Gasteiger partial charge >= 0.3 is 0 Å². The molecule has 3 aromatic rings. The summed E-state index contributed by atoms with van der Waals surface area (Å²) in [7, 11) is 0. The van der Waals surface area contributed by atoms with Gasteiger partial charge in [-0.05, 0) is 30.3 Å². The number of rotatable bonds is 5. The summed E-state index contributed by atoms with van der Waals surface area (Å²) in [6.07, 6.45) is 1.68. The molecule has 4 rings (SSSR count). The van der Waals surface area contributed by atoms with Gasteiger partial charge < -0.3 is 20.3 Å². The molecule has 1 saturated heterocycles. The Kier molecular flexibility index (Phi) is 5.31. The standard InChI is InChI=1S/C21H20N6O/c22-15-16-5-1-2-6-17(16)25-21-23-10-9-20(26-21)24-18-7-3-4-8-19(18)27-11-13-28-14-12-27/h1-10H,11-14H2,(H2,23,24,25,26). The Hall–Kier alpha value is -3.63. The number of aromatic nitrogens is 2. The molecular formula is C21H20N6O. The second kappa shape index (κ2) is 8.37. The van der Waals surface area contributed by atoms with Gasteiger partial charge in [0.25, 0.3) is 0 Å². The lowest BCUT2D eigenvalue weighted by Gasteiger charge is -2.30. The smallest absolute Gasteiger partial charge is 0.229 e. The van der Waals surface area contributed by atoms with Gasteiger partial charge in [0.2, 0.25) is 5.95 Å². The second-order valence-electron chi connectivity index (χ2n) is 6.29. The van der Waals surface area contributed by atoms with Crippen molar-refractivity contribution < 1.29 is 4.74 Å². The molecule has 7 heteroatoms. The van der Waals surface area contributed by atoms with Gasteiger partial charge in [-0.3, -0.25) is 0 Å². The Morgan fingerprint density at radius 3 is 2.50 bits per heavy atom. The highest BCUT2D eigenvalue weighted by Crippen LogP contribution is 2.29. The van der Waals surface area contributed by atoms with E-state index in [1.54, 1.807) is 12.3 Å². The third kappa shape index (κ3) is 4.03. The van der Waals surface area contributed by atoms with Crippen LogP contribution in [0.15, 0.2) is 60.8 Å². The number of nitrogens with zero attached hydrogens (tertiary/aromatic N) is 4. The fourth-order valence-electron chi connectivity index (χ4n) is 3.10. The van der Waals surface area contributed by atoms with E-state index < -0.39 is 0 Å². The topological polar surface area (TPSA) is 86.1 Å². The summed E-state index contributed by atoms with van der Waals surface area (Å²) < 4.78 is 5.46. The largest absolute Gasteiger partial charge is 0.378 e. The zero-order chi connectivity index (χ0) is 19.2. The number of ether oxygens (including phenoxy) is 1. The number of benzene rings is 2. The van der Waals surface area contributed by atoms with Crippen LogP contribution in [0.25, 0.3) is 0 Å². The molecule has 0 spiro atoms. The van der Waals surface area contributed by atoms with E-state index in [4.69, 9.17) is 4.74 Å². The Bertz CT molecular complexity index is 994. The fraction of sp³-hybridized carbons (Fsp3) is 0.190. The summed E-state index contributed by atoms with van der Waals surface area (Å²) >= 11 is 0. The molecule has 0 radical (unpaired) electrons. The quantitative estimate of drug-likeness (QED) is 0.706. The lowest BCUT2D eigenvalue weighted by atomic mass is 10.2. The molecule has 2 aromatic carbocycles. The van der Waals surface area contributed by atoms with Crippen molar-refractivity contribution in [3.8, 4) is 6.07 Å². The van der Waals surface area contributed by atoms with Crippen molar-refractivity contribution in [2.75, 3.05) is 41.8 Å². The molecule has 28 heavy (non-hydrogen) atoms. The highest BCUT2D eigenvalue weighted by Gasteiger charge is 2.15. The molecule has 0 bridgehead atoms. The van der Waals surface area contributed by atoms with E-state index in [-0.39, 0.29) is 0 Å². The van der Waals surface area contributed by atoms with Crippen molar-refractivity contribution in [2.24, 2.45) is 0 Å². The summed E-state index contributed by atoms with van der Waals surface area (Å²) in [5, 5.41) is 15.7. The molecule has 0 amide bonds. The van der Waals surface area contributed by atoms with E-state index in [1.807, 2.05) is 42.5 Å². The molecule has 2 heterocycles. The second-order valence-corrected chi connectivity index (χ2v) is 6.29. The van der Waals surface area contributed by atoms with Crippen LogP contribution in [-0.4, -0.2) is 36.3 Å². The molecular weight excluding hydrogens is 352 g/mol. The molecule has 1 aliphatic heterocycles. The lowest BCUT2D eigenvalue weighted by molar-refractivity contribution is 0.123. The van der Waals surface area contributed by atoms with Gasteiger partial charge in [-0.1, -0.05) is 24.3 Å². The normalized spacial score (nSPS) is 13.6. The van der Waals surface area contributed by atoms with Crippen LogP contribution >= 0.6 is 0 Å². The Balaban J connectivity index is 1.55. The van der Waals surface area contributed by atoms with E-state index in [1.165, 1.54) is 0 Å². The minimum absolute atomic E-state index is 0.427. The maximum absolute atomic E-state index is 9.24. The molecule has 7 nitrogen and oxygen atoms in total. The van der Waals surface area contributed by atoms with Crippen LogP contribution in [0.4, 0.5) is 28.8 Å². The first-order valence-corrected chi connectivity index (χ1v) is 9.11. The van der Waals surface area contributed by atoms with Crippen LogP contribution in [0.2, 0.25) is 0 Å². The van der Waals surface area contributed by atoms with Crippen LogP contribution in [0.5, 0.6) is 0 Å². The van der Waals surface area contributed by atoms with Crippen LogP contribution in [0, 0.1) is 11.3 Å². The summed E-state index contributed by atoms with van der Waals surface area (Å²) in [4.78, 5) is 11.1. The minimum atomic E-state index is 0.427. The van der Waals surface area contributed by atoms with Crippen molar-refractivity contribution in [3.63, 3.8) is 0 Å².